The van der Waals surface area contributed by atoms with E-state index in [1.807, 2.05) is 72.8 Å². The summed E-state index contributed by atoms with van der Waals surface area (Å²) in [5, 5.41) is 6.62. The molecule has 0 N–H and O–H groups in total. The van der Waals surface area contributed by atoms with Gasteiger partial charge in [-0.2, -0.15) is 0 Å². The van der Waals surface area contributed by atoms with E-state index in [0.29, 0.717) is 33.2 Å². The van der Waals surface area contributed by atoms with Gasteiger partial charge in [0, 0.05) is 68.3 Å². The Kier molecular flexibility index (Phi) is 7.28. The highest BCUT2D eigenvalue weighted by molar-refractivity contribution is 7.33. The number of rotatable bonds is 8. The summed E-state index contributed by atoms with van der Waals surface area (Å²) in [4.78, 5) is 0. The molecule has 10 heteroatoms. The first kappa shape index (κ1) is 25.9. The van der Waals surface area contributed by atoms with E-state index in [0.717, 1.165) is 43.6 Å². The molecule has 2 aromatic heterocycles. The average molecular weight is 605 g/mol. The van der Waals surface area contributed by atoms with Crippen LogP contribution in [0, 0.1) is 0 Å². The highest BCUT2D eigenvalue weighted by Gasteiger charge is 2.22. The Morgan fingerprint density at radius 1 is 0.526 bits per heavy atom. The van der Waals surface area contributed by atoms with Crippen molar-refractivity contribution in [2.75, 3.05) is 13.2 Å². The summed E-state index contributed by atoms with van der Waals surface area (Å²) >= 11 is 25.0. The topological polar surface area (TPSA) is 45.4 Å². The van der Waals surface area contributed by atoms with Crippen molar-refractivity contribution in [3.8, 4) is 0 Å². The summed E-state index contributed by atoms with van der Waals surface area (Å²) in [6.07, 6.45) is 0. The van der Waals surface area contributed by atoms with Crippen molar-refractivity contribution in [3.63, 3.8) is 0 Å². The fourth-order valence-electron chi connectivity index (χ4n) is 5.03. The monoisotopic (exact) mass is 603 g/mol. The number of benzene rings is 4. The molecule has 4 aromatic carbocycles. The van der Waals surface area contributed by atoms with Gasteiger partial charge in [-0.15, -0.1) is 9.05 Å². The highest BCUT2D eigenvalue weighted by atomic mass is 35.5. The second-order valence-corrected chi connectivity index (χ2v) is 11.5. The average Bonchev–Trinajstić information content (AvgIpc) is 3.35. The van der Waals surface area contributed by atoms with Gasteiger partial charge in [0.1, 0.15) is 13.2 Å². The summed E-state index contributed by atoms with van der Waals surface area (Å²) in [5.74, 6) is 0. The van der Waals surface area contributed by atoms with Crippen LogP contribution in [0.5, 0.6) is 0 Å². The van der Waals surface area contributed by atoms with Crippen LogP contribution in [0.2, 0.25) is 20.1 Å². The van der Waals surface area contributed by atoms with Crippen LogP contribution in [0.15, 0.2) is 72.8 Å². The number of aromatic nitrogens is 2. The molecule has 6 aromatic rings. The van der Waals surface area contributed by atoms with Crippen molar-refractivity contribution >= 4 is 98.3 Å². The summed E-state index contributed by atoms with van der Waals surface area (Å²) in [5.41, 5.74) is 3.99. The number of hydrogen-bond acceptors (Lipinski definition) is 3. The third-order valence-electron chi connectivity index (χ3n) is 6.60. The standard InChI is InChI=1S/C28H20Cl4N2O3P/c29-17-1-5-25-21(13-17)22-14-18(30)2-6-26(22)33(25)9-11-36-38(35)37-12-10-34-27-7-3-19(31)15-23(27)24-16-20(32)4-8-28(24)34/h1-8,13-16H,9-12H2/q+1. The number of fused-ring (bicyclic) bond motifs is 6. The number of halogens is 4. The maximum atomic E-state index is 12.5. The van der Waals surface area contributed by atoms with Crippen LogP contribution in [0.25, 0.3) is 43.6 Å². The second-order valence-electron chi connectivity index (χ2n) is 8.84. The molecule has 5 nitrogen and oxygen atoms in total. The van der Waals surface area contributed by atoms with Crippen LogP contribution >= 0.6 is 54.7 Å². The van der Waals surface area contributed by atoms with Gasteiger partial charge < -0.3 is 9.13 Å². The van der Waals surface area contributed by atoms with Crippen LogP contribution < -0.4 is 0 Å². The van der Waals surface area contributed by atoms with Gasteiger partial charge in [-0.25, -0.2) is 0 Å². The zero-order chi connectivity index (χ0) is 26.4. The predicted molar refractivity (Wildman–Crippen MR) is 158 cm³/mol. The Morgan fingerprint density at radius 3 is 1.11 bits per heavy atom. The summed E-state index contributed by atoms with van der Waals surface area (Å²) in [7, 11) is -2.30. The third-order valence-corrected chi connectivity index (χ3v) is 8.33. The maximum absolute atomic E-state index is 12.5. The molecule has 38 heavy (non-hydrogen) atoms. The van der Waals surface area contributed by atoms with Crippen LogP contribution in [0.3, 0.4) is 0 Å². The first-order valence-corrected chi connectivity index (χ1v) is 14.5. The Hall–Kier alpha value is -2.34. The van der Waals surface area contributed by atoms with Crippen molar-refractivity contribution in [1.82, 2.24) is 9.13 Å². The van der Waals surface area contributed by atoms with E-state index in [9.17, 15) is 4.57 Å². The minimum absolute atomic E-state index is 0.214. The first-order valence-electron chi connectivity index (χ1n) is 11.9. The number of hydrogen-bond donors (Lipinski definition) is 0. The molecule has 0 atom stereocenters. The summed E-state index contributed by atoms with van der Waals surface area (Å²) < 4.78 is 27.9. The smallest absolute Gasteiger partial charge is 0.338 e. The minimum atomic E-state index is -2.30. The zero-order valence-electron chi connectivity index (χ0n) is 19.8. The molecule has 0 radical (unpaired) electrons. The molecule has 0 aliphatic rings. The Balaban J connectivity index is 1.14. The fourth-order valence-corrected chi connectivity index (χ4v) is 6.25. The molecule has 0 aliphatic carbocycles. The lowest BCUT2D eigenvalue weighted by atomic mass is 10.1. The third kappa shape index (κ3) is 4.89. The lowest BCUT2D eigenvalue weighted by Crippen LogP contribution is -2.05. The van der Waals surface area contributed by atoms with Crippen LogP contribution in [0.4, 0.5) is 0 Å². The Morgan fingerprint density at radius 2 is 0.816 bits per heavy atom. The zero-order valence-corrected chi connectivity index (χ0v) is 23.8. The van der Waals surface area contributed by atoms with Gasteiger partial charge in [0.15, 0.2) is 0 Å². The van der Waals surface area contributed by atoms with Crippen molar-refractivity contribution in [2.24, 2.45) is 0 Å². The molecule has 0 bridgehead atoms. The van der Waals surface area contributed by atoms with Crippen molar-refractivity contribution < 1.29 is 13.6 Å². The van der Waals surface area contributed by atoms with Gasteiger partial charge >= 0.3 is 8.25 Å². The van der Waals surface area contributed by atoms with Crippen molar-refractivity contribution in [1.29, 1.82) is 0 Å². The van der Waals surface area contributed by atoms with Gasteiger partial charge in [-0.05, 0) is 72.8 Å². The Bertz CT molecular complexity index is 1610. The van der Waals surface area contributed by atoms with Gasteiger partial charge in [0.05, 0.1) is 13.1 Å². The van der Waals surface area contributed by atoms with Crippen LogP contribution in [-0.4, -0.2) is 22.3 Å². The highest BCUT2D eigenvalue weighted by Crippen LogP contribution is 2.35. The van der Waals surface area contributed by atoms with E-state index in [4.69, 9.17) is 55.5 Å². The quantitative estimate of drug-likeness (QED) is 0.162. The van der Waals surface area contributed by atoms with Crippen molar-refractivity contribution in [3.05, 3.63) is 92.9 Å². The second kappa shape index (κ2) is 10.7. The van der Waals surface area contributed by atoms with E-state index in [-0.39, 0.29) is 13.2 Å². The van der Waals surface area contributed by atoms with E-state index in [1.165, 1.54) is 0 Å². The van der Waals surface area contributed by atoms with Gasteiger partial charge in [0.2, 0.25) is 0 Å². The fraction of sp³-hybridized carbons (Fsp3) is 0.143. The molecule has 0 spiro atoms. The maximum Gasteiger partial charge on any atom is 0.697 e. The summed E-state index contributed by atoms with van der Waals surface area (Å²) in [6.45, 7) is 1.40. The van der Waals surface area contributed by atoms with Crippen molar-refractivity contribution in [2.45, 2.75) is 13.1 Å². The van der Waals surface area contributed by atoms with Gasteiger partial charge in [-0.3, -0.25) is 0 Å². The molecule has 0 saturated heterocycles. The molecule has 0 amide bonds. The predicted octanol–water partition coefficient (Wildman–Crippen LogP) is 9.91. The molecule has 192 valence electrons. The van der Waals surface area contributed by atoms with Gasteiger partial charge in [0.25, 0.3) is 0 Å². The molecule has 0 aliphatic heterocycles. The summed E-state index contributed by atoms with van der Waals surface area (Å²) in [6, 6.07) is 23.0. The number of nitrogens with zero attached hydrogens (tertiary/aromatic N) is 2. The van der Waals surface area contributed by atoms with Crippen LogP contribution in [-0.2, 0) is 26.7 Å². The molecule has 2 heterocycles. The first-order chi connectivity index (χ1) is 18.4. The Labute approximate surface area is 239 Å². The van der Waals surface area contributed by atoms with E-state index < -0.39 is 8.25 Å². The molecule has 6 rings (SSSR count). The lowest BCUT2D eigenvalue weighted by Gasteiger charge is -2.06. The minimum Gasteiger partial charge on any atom is -0.338 e. The SMILES string of the molecule is O=[P+](OCCn1c2ccc(Cl)cc2c2cc(Cl)ccc21)OCCn1c2ccc(Cl)cc2c2cc(Cl)ccc21. The molecular formula is C28H20Cl4N2O3P+. The van der Waals surface area contributed by atoms with E-state index in [2.05, 4.69) is 9.13 Å². The van der Waals surface area contributed by atoms with E-state index in [1.54, 1.807) is 0 Å². The normalized spacial score (nSPS) is 11.9. The largest absolute Gasteiger partial charge is 0.697 e. The molecule has 0 fully saturated rings. The van der Waals surface area contributed by atoms with E-state index >= 15 is 0 Å². The lowest BCUT2D eigenvalue weighted by molar-refractivity contribution is 0.216. The molecule has 0 unspecified atom stereocenters. The van der Waals surface area contributed by atoms with Crippen LogP contribution in [0.1, 0.15) is 0 Å². The van der Waals surface area contributed by atoms with Gasteiger partial charge in [-0.1, -0.05) is 46.4 Å². The molecular weight excluding hydrogens is 585 g/mol. The molecule has 0 saturated carbocycles.